The van der Waals surface area contributed by atoms with Crippen LogP contribution in [0, 0.1) is 5.41 Å². The van der Waals surface area contributed by atoms with Crippen LogP contribution in [0.25, 0.3) is 0 Å². The summed E-state index contributed by atoms with van der Waals surface area (Å²) in [6.45, 7) is 4.05. The van der Waals surface area contributed by atoms with Crippen molar-refractivity contribution >= 4 is 11.5 Å². The lowest BCUT2D eigenvalue weighted by Gasteiger charge is -2.12. The molecule has 4 N–H and O–H groups in total. The number of aromatic nitrogens is 1. The van der Waals surface area contributed by atoms with Crippen molar-refractivity contribution in [2.75, 3.05) is 5.32 Å². The molecular formula is C9H14N4. The lowest BCUT2D eigenvalue weighted by atomic mass is 10.2. The van der Waals surface area contributed by atoms with Gasteiger partial charge in [-0.1, -0.05) is 0 Å². The van der Waals surface area contributed by atoms with E-state index in [9.17, 15) is 0 Å². The van der Waals surface area contributed by atoms with E-state index in [1.165, 1.54) is 0 Å². The van der Waals surface area contributed by atoms with Crippen molar-refractivity contribution in [2.45, 2.75) is 19.9 Å². The zero-order chi connectivity index (χ0) is 9.84. The molecule has 0 atom stereocenters. The molecular weight excluding hydrogens is 164 g/mol. The van der Waals surface area contributed by atoms with Gasteiger partial charge in [0.25, 0.3) is 0 Å². The first kappa shape index (κ1) is 9.51. The topological polar surface area (TPSA) is 74.8 Å². The van der Waals surface area contributed by atoms with Gasteiger partial charge in [-0.3, -0.25) is 10.4 Å². The first-order chi connectivity index (χ1) is 6.11. The summed E-state index contributed by atoms with van der Waals surface area (Å²) in [4.78, 5) is 3.97. The van der Waals surface area contributed by atoms with Gasteiger partial charge in [0.2, 0.25) is 0 Å². The van der Waals surface area contributed by atoms with E-state index in [1.54, 1.807) is 18.5 Å². The first-order valence-corrected chi connectivity index (χ1v) is 4.16. The van der Waals surface area contributed by atoms with E-state index in [4.69, 9.17) is 11.1 Å². The number of hydrogen-bond acceptors (Lipinski definition) is 3. The van der Waals surface area contributed by atoms with Crippen LogP contribution in [0.3, 0.4) is 0 Å². The van der Waals surface area contributed by atoms with Crippen LogP contribution in [0.15, 0.2) is 18.5 Å². The van der Waals surface area contributed by atoms with E-state index in [2.05, 4.69) is 10.3 Å². The third-order valence-electron chi connectivity index (χ3n) is 1.56. The zero-order valence-electron chi connectivity index (χ0n) is 7.83. The van der Waals surface area contributed by atoms with Gasteiger partial charge in [-0.25, -0.2) is 0 Å². The zero-order valence-corrected chi connectivity index (χ0v) is 7.83. The summed E-state index contributed by atoms with van der Waals surface area (Å²) in [6.07, 6.45) is 3.30. The van der Waals surface area contributed by atoms with Crippen molar-refractivity contribution in [2.24, 2.45) is 5.73 Å². The standard InChI is InChI=1S/C9H14N4/c1-6(2)13-8-5-12-4-3-7(8)9(10)11/h3-6,13H,1-2H3,(H3,10,11). The van der Waals surface area contributed by atoms with Gasteiger partial charge in [-0.15, -0.1) is 0 Å². The van der Waals surface area contributed by atoms with Gasteiger partial charge in [0.15, 0.2) is 0 Å². The average Bonchev–Trinajstić information content (AvgIpc) is 2.03. The van der Waals surface area contributed by atoms with Crippen LogP contribution in [0.4, 0.5) is 5.69 Å². The van der Waals surface area contributed by atoms with E-state index >= 15 is 0 Å². The van der Waals surface area contributed by atoms with Crippen LogP contribution >= 0.6 is 0 Å². The van der Waals surface area contributed by atoms with Crippen molar-refractivity contribution in [3.63, 3.8) is 0 Å². The van der Waals surface area contributed by atoms with Crippen molar-refractivity contribution in [3.05, 3.63) is 24.0 Å². The van der Waals surface area contributed by atoms with Crippen molar-refractivity contribution in [3.8, 4) is 0 Å². The SMILES string of the molecule is CC(C)Nc1cnccc1C(=N)N. The lowest BCUT2D eigenvalue weighted by Crippen LogP contribution is -2.17. The van der Waals surface area contributed by atoms with Crippen LogP contribution in [-0.2, 0) is 0 Å². The largest absolute Gasteiger partial charge is 0.384 e. The van der Waals surface area contributed by atoms with E-state index in [-0.39, 0.29) is 5.84 Å². The molecule has 0 fully saturated rings. The van der Waals surface area contributed by atoms with Crippen LogP contribution < -0.4 is 11.1 Å². The molecule has 0 unspecified atom stereocenters. The molecule has 0 bridgehead atoms. The van der Waals surface area contributed by atoms with Gasteiger partial charge in [0.05, 0.1) is 11.9 Å². The molecule has 0 aliphatic rings. The Kier molecular flexibility index (Phi) is 2.84. The van der Waals surface area contributed by atoms with Crippen LogP contribution in [-0.4, -0.2) is 16.9 Å². The Morgan fingerprint density at radius 2 is 2.31 bits per heavy atom. The fourth-order valence-corrected chi connectivity index (χ4v) is 1.06. The minimum Gasteiger partial charge on any atom is -0.384 e. The number of nitrogens with one attached hydrogen (secondary N) is 2. The van der Waals surface area contributed by atoms with Gasteiger partial charge < -0.3 is 11.1 Å². The number of anilines is 1. The second kappa shape index (κ2) is 3.89. The highest BCUT2D eigenvalue weighted by molar-refractivity contribution is 6.00. The van der Waals surface area contributed by atoms with Gasteiger partial charge in [-0.2, -0.15) is 0 Å². The second-order valence-electron chi connectivity index (χ2n) is 3.13. The number of nitrogen functional groups attached to an aromatic ring is 1. The Hall–Kier alpha value is -1.58. The molecule has 0 saturated carbocycles. The molecule has 1 heterocycles. The third kappa shape index (κ3) is 2.43. The summed E-state index contributed by atoms with van der Waals surface area (Å²) in [7, 11) is 0. The molecule has 1 aromatic rings. The lowest BCUT2D eigenvalue weighted by molar-refractivity contribution is 0.897. The molecule has 4 nitrogen and oxygen atoms in total. The number of hydrogen-bond donors (Lipinski definition) is 3. The summed E-state index contributed by atoms with van der Waals surface area (Å²) in [5, 5.41) is 10.5. The summed E-state index contributed by atoms with van der Waals surface area (Å²) in [5.41, 5.74) is 6.91. The minimum atomic E-state index is 0.0607. The predicted octanol–water partition coefficient (Wildman–Crippen LogP) is 1.19. The smallest absolute Gasteiger partial charge is 0.125 e. The maximum absolute atomic E-state index is 7.33. The van der Waals surface area contributed by atoms with Crippen molar-refractivity contribution in [1.29, 1.82) is 5.41 Å². The van der Waals surface area contributed by atoms with Gasteiger partial charge in [-0.05, 0) is 19.9 Å². The summed E-state index contributed by atoms with van der Waals surface area (Å²) >= 11 is 0. The molecule has 13 heavy (non-hydrogen) atoms. The highest BCUT2D eigenvalue weighted by Gasteiger charge is 2.04. The molecule has 0 amide bonds. The third-order valence-corrected chi connectivity index (χ3v) is 1.56. The quantitative estimate of drug-likeness (QED) is 0.480. The predicted molar refractivity (Wildman–Crippen MR) is 54.0 cm³/mol. The van der Waals surface area contributed by atoms with Crippen molar-refractivity contribution in [1.82, 2.24) is 4.98 Å². The maximum atomic E-state index is 7.33. The fraction of sp³-hybridized carbons (Fsp3) is 0.333. The van der Waals surface area contributed by atoms with Crippen molar-refractivity contribution < 1.29 is 0 Å². The van der Waals surface area contributed by atoms with Crippen LogP contribution in [0.5, 0.6) is 0 Å². The number of nitrogens with two attached hydrogens (primary N) is 1. The van der Waals surface area contributed by atoms with Gasteiger partial charge >= 0.3 is 0 Å². The summed E-state index contributed by atoms with van der Waals surface area (Å²) in [5.74, 6) is 0.0607. The Labute approximate surface area is 77.7 Å². The molecule has 1 rings (SSSR count). The highest BCUT2D eigenvalue weighted by atomic mass is 14.9. The molecule has 0 aromatic carbocycles. The summed E-state index contributed by atoms with van der Waals surface area (Å²) < 4.78 is 0. The van der Waals surface area contributed by atoms with Gasteiger partial charge in [0, 0.05) is 17.8 Å². The Morgan fingerprint density at radius 3 is 2.85 bits per heavy atom. The monoisotopic (exact) mass is 178 g/mol. The fourth-order valence-electron chi connectivity index (χ4n) is 1.06. The molecule has 0 spiro atoms. The molecule has 1 aromatic heterocycles. The molecule has 0 radical (unpaired) electrons. The molecule has 0 aliphatic heterocycles. The number of rotatable bonds is 3. The normalized spacial score (nSPS) is 10.1. The van der Waals surface area contributed by atoms with Crippen LogP contribution in [0.1, 0.15) is 19.4 Å². The Morgan fingerprint density at radius 1 is 1.62 bits per heavy atom. The molecule has 4 heteroatoms. The van der Waals surface area contributed by atoms with E-state index in [1.807, 2.05) is 13.8 Å². The second-order valence-corrected chi connectivity index (χ2v) is 3.13. The van der Waals surface area contributed by atoms with Crippen LogP contribution in [0.2, 0.25) is 0 Å². The number of nitrogens with zero attached hydrogens (tertiary/aromatic N) is 1. The van der Waals surface area contributed by atoms with E-state index < -0.39 is 0 Å². The average molecular weight is 178 g/mol. The Balaban J connectivity index is 2.98. The first-order valence-electron chi connectivity index (χ1n) is 4.16. The number of pyridine rings is 1. The van der Waals surface area contributed by atoms with E-state index in [0.717, 1.165) is 5.69 Å². The Bertz CT molecular complexity index is 306. The van der Waals surface area contributed by atoms with Gasteiger partial charge in [0.1, 0.15) is 5.84 Å². The molecule has 0 aliphatic carbocycles. The van der Waals surface area contributed by atoms with E-state index in [0.29, 0.717) is 11.6 Å². The summed E-state index contributed by atoms with van der Waals surface area (Å²) in [6, 6.07) is 2.04. The highest BCUT2D eigenvalue weighted by Crippen LogP contribution is 2.13. The minimum absolute atomic E-state index is 0.0607. The molecule has 0 saturated heterocycles. The molecule has 70 valence electrons. The maximum Gasteiger partial charge on any atom is 0.125 e. The number of amidine groups is 1.